The van der Waals surface area contributed by atoms with Gasteiger partial charge in [0, 0.05) is 29.5 Å². The SMILES string of the molecule is C.Clc1ccc2c(c1)Nc1ccccc1S2.Sc1ccc2c(c1)Nc1ccccc1S2. The molecule has 6 heteroatoms. The van der Waals surface area contributed by atoms with Gasteiger partial charge in [-0.25, -0.2) is 0 Å². The van der Waals surface area contributed by atoms with E-state index < -0.39 is 0 Å². The molecule has 2 aliphatic heterocycles. The van der Waals surface area contributed by atoms with Gasteiger partial charge < -0.3 is 10.6 Å². The summed E-state index contributed by atoms with van der Waals surface area (Å²) >= 11 is 13.9. The van der Waals surface area contributed by atoms with Crippen molar-refractivity contribution in [2.75, 3.05) is 10.6 Å². The highest BCUT2D eigenvalue weighted by molar-refractivity contribution is 8.00. The molecule has 0 fully saturated rings. The van der Waals surface area contributed by atoms with Crippen LogP contribution in [0, 0.1) is 0 Å². The molecule has 6 rings (SSSR count). The van der Waals surface area contributed by atoms with Crippen molar-refractivity contribution >= 4 is 70.5 Å². The van der Waals surface area contributed by atoms with Crippen LogP contribution in [0.15, 0.2) is 109 Å². The molecule has 2 N–H and O–H groups in total. The van der Waals surface area contributed by atoms with E-state index >= 15 is 0 Å². The number of rotatable bonds is 0. The van der Waals surface area contributed by atoms with Gasteiger partial charge in [0.2, 0.25) is 0 Å². The van der Waals surface area contributed by atoms with Crippen LogP contribution in [0.1, 0.15) is 7.43 Å². The second-order valence-corrected chi connectivity index (χ2v) is 9.89. The first kappa shape index (κ1) is 22.0. The number of hydrogen-bond donors (Lipinski definition) is 3. The van der Waals surface area contributed by atoms with Crippen LogP contribution in [-0.4, -0.2) is 0 Å². The lowest BCUT2D eigenvalue weighted by Crippen LogP contribution is -1.98. The highest BCUT2D eigenvalue weighted by Gasteiger charge is 2.15. The number of anilines is 4. The van der Waals surface area contributed by atoms with E-state index in [1.807, 2.05) is 36.4 Å². The quantitative estimate of drug-likeness (QED) is 0.188. The van der Waals surface area contributed by atoms with Crippen LogP contribution in [-0.2, 0) is 0 Å². The summed E-state index contributed by atoms with van der Waals surface area (Å²) < 4.78 is 0. The van der Waals surface area contributed by atoms with Gasteiger partial charge in [0.15, 0.2) is 0 Å². The molecule has 4 aromatic rings. The van der Waals surface area contributed by atoms with Crippen LogP contribution >= 0.6 is 47.8 Å². The average Bonchev–Trinajstić information content (AvgIpc) is 2.76. The van der Waals surface area contributed by atoms with Crippen molar-refractivity contribution in [1.29, 1.82) is 0 Å². The van der Waals surface area contributed by atoms with E-state index in [0.29, 0.717) is 0 Å². The normalized spacial score (nSPS) is 12.2. The molecule has 0 amide bonds. The summed E-state index contributed by atoms with van der Waals surface area (Å²) in [6, 6.07) is 28.7. The summed E-state index contributed by atoms with van der Waals surface area (Å²) in [6.45, 7) is 0. The standard InChI is InChI=1S/C12H8ClNS.C12H9NS2.CH4/c13-8-5-6-12-10(7-8)14-9-3-1-2-4-11(9)15-12;14-8-5-6-12-10(7-8)13-9-3-1-2-4-11(9)15-12;/h1-7,14H;1-7,13-14H;1H4. The Balaban J connectivity index is 0.000000144. The largest absolute Gasteiger partial charge is 0.354 e. The summed E-state index contributed by atoms with van der Waals surface area (Å²) in [5, 5.41) is 7.55. The number of hydrogen-bond acceptors (Lipinski definition) is 5. The van der Waals surface area contributed by atoms with Crippen molar-refractivity contribution in [3.63, 3.8) is 0 Å². The van der Waals surface area contributed by atoms with E-state index in [-0.39, 0.29) is 7.43 Å². The molecule has 0 saturated carbocycles. The molecule has 2 nitrogen and oxygen atoms in total. The van der Waals surface area contributed by atoms with Crippen molar-refractivity contribution in [3.8, 4) is 0 Å². The summed E-state index contributed by atoms with van der Waals surface area (Å²) in [7, 11) is 0. The second kappa shape index (κ2) is 9.53. The zero-order valence-corrected chi connectivity index (χ0v) is 19.0. The maximum Gasteiger partial charge on any atom is 0.0541 e. The fourth-order valence-electron chi connectivity index (χ4n) is 3.24. The summed E-state index contributed by atoms with van der Waals surface area (Å²) in [4.78, 5) is 6.00. The molecule has 0 aliphatic carbocycles. The van der Waals surface area contributed by atoms with E-state index in [2.05, 4.69) is 71.8 Å². The smallest absolute Gasteiger partial charge is 0.0541 e. The molecule has 0 atom stereocenters. The number of thiol groups is 1. The Morgan fingerprint density at radius 2 is 1.06 bits per heavy atom. The third-order valence-corrected chi connectivity index (χ3v) is 7.47. The average molecular weight is 481 g/mol. The monoisotopic (exact) mass is 480 g/mol. The zero-order chi connectivity index (χ0) is 20.5. The first-order valence-corrected chi connectivity index (χ1v) is 11.8. The predicted octanol–water partition coefficient (Wildman–Crippen LogP) is 9.37. The van der Waals surface area contributed by atoms with Crippen molar-refractivity contribution in [2.24, 2.45) is 0 Å². The van der Waals surface area contributed by atoms with E-state index in [4.69, 9.17) is 11.6 Å². The number of nitrogens with one attached hydrogen (secondary N) is 2. The maximum absolute atomic E-state index is 5.95. The Labute approximate surface area is 202 Å². The van der Waals surface area contributed by atoms with Gasteiger partial charge >= 0.3 is 0 Å². The molecule has 0 unspecified atom stereocenters. The molecule has 31 heavy (non-hydrogen) atoms. The summed E-state index contributed by atoms with van der Waals surface area (Å²) in [5.41, 5.74) is 4.56. The van der Waals surface area contributed by atoms with Crippen LogP contribution in [0.3, 0.4) is 0 Å². The van der Waals surface area contributed by atoms with Gasteiger partial charge in [0.1, 0.15) is 0 Å². The van der Waals surface area contributed by atoms with Gasteiger partial charge in [0.05, 0.1) is 22.7 Å². The third-order valence-electron chi connectivity index (χ3n) is 4.66. The van der Waals surface area contributed by atoms with Crippen molar-refractivity contribution in [3.05, 3.63) is 90.0 Å². The van der Waals surface area contributed by atoms with Gasteiger partial charge in [0.25, 0.3) is 0 Å². The minimum atomic E-state index is 0. The van der Waals surface area contributed by atoms with E-state index in [9.17, 15) is 0 Å². The molecule has 4 aromatic carbocycles. The summed E-state index contributed by atoms with van der Waals surface area (Å²) in [5.74, 6) is 0. The fourth-order valence-corrected chi connectivity index (χ4v) is 5.55. The third kappa shape index (κ3) is 4.85. The molecule has 0 aromatic heterocycles. The van der Waals surface area contributed by atoms with Crippen LogP contribution < -0.4 is 10.6 Å². The van der Waals surface area contributed by atoms with Crippen LogP contribution in [0.4, 0.5) is 22.7 Å². The molecule has 2 heterocycles. The molecule has 156 valence electrons. The lowest BCUT2D eigenvalue weighted by Gasteiger charge is -2.20. The summed E-state index contributed by atoms with van der Waals surface area (Å²) in [6.07, 6.45) is 0. The van der Waals surface area contributed by atoms with E-state index in [1.165, 1.54) is 25.3 Å². The van der Waals surface area contributed by atoms with Gasteiger partial charge in [-0.2, -0.15) is 0 Å². The minimum Gasteiger partial charge on any atom is -0.354 e. The number of fused-ring (bicyclic) bond motifs is 4. The molecule has 0 saturated heterocycles. The van der Waals surface area contributed by atoms with Gasteiger partial charge in [-0.3, -0.25) is 0 Å². The molecular weight excluding hydrogens is 460 g/mol. The van der Waals surface area contributed by atoms with E-state index in [1.54, 1.807) is 23.5 Å². The Morgan fingerprint density at radius 3 is 1.68 bits per heavy atom. The Kier molecular flexibility index (Phi) is 6.77. The lowest BCUT2D eigenvalue weighted by atomic mass is 10.2. The number of halogens is 1. The topological polar surface area (TPSA) is 24.1 Å². The van der Waals surface area contributed by atoms with E-state index in [0.717, 1.165) is 27.0 Å². The highest BCUT2D eigenvalue weighted by Crippen LogP contribution is 2.45. The second-order valence-electron chi connectivity index (χ2n) is 6.77. The van der Waals surface area contributed by atoms with Crippen molar-refractivity contribution in [1.82, 2.24) is 0 Å². The molecule has 0 bridgehead atoms. The lowest BCUT2D eigenvalue weighted by molar-refractivity contribution is 1.28. The molecule has 2 aliphatic rings. The van der Waals surface area contributed by atoms with Crippen LogP contribution in [0.25, 0.3) is 0 Å². The Morgan fingerprint density at radius 1 is 0.581 bits per heavy atom. The van der Waals surface area contributed by atoms with Gasteiger partial charge in [-0.05, 0) is 60.7 Å². The fraction of sp³-hybridized carbons (Fsp3) is 0.0400. The first-order valence-electron chi connectivity index (χ1n) is 9.36. The zero-order valence-electron chi connectivity index (χ0n) is 15.7. The highest BCUT2D eigenvalue weighted by atomic mass is 35.5. The van der Waals surface area contributed by atoms with Crippen LogP contribution in [0.5, 0.6) is 0 Å². The van der Waals surface area contributed by atoms with Gasteiger partial charge in [-0.1, -0.05) is 66.8 Å². The predicted molar refractivity (Wildman–Crippen MR) is 140 cm³/mol. The minimum absolute atomic E-state index is 0. The van der Waals surface area contributed by atoms with Gasteiger partial charge in [-0.15, -0.1) is 12.6 Å². The van der Waals surface area contributed by atoms with Crippen molar-refractivity contribution < 1.29 is 0 Å². The van der Waals surface area contributed by atoms with Crippen LogP contribution in [0.2, 0.25) is 5.02 Å². The molecular formula is C25H21ClN2S3. The molecule has 0 radical (unpaired) electrons. The Bertz CT molecular complexity index is 1150. The molecule has 0 spiro atoms. The number of para-hydroxylation sites is 2. The Hall–Kier alpha value is -2.18. The number of benzene rings is 4. The first-order chi connectivity index (χ1) is 14.7. The maximum atomic E-state index is 5.95. The van der Waals surface area contributed by atoms with Crippen molar-refractivity contribution in [2.45, 2.75) is 31.9 Å².